The highest BCUT2D eigenvalue weighted by atomic mass is 14.8. The minimum atomic E-state index is 0.955. The Hall–Kier alpha value is -1.08. The summed E-state index contributed by atoms with van der Waals surface area (Å²) in [6, 6.07) is 6.66. The van der Waals surface area contributed by atoms with Gasteiger partial charge in [0.15, 0.2) is 0 Å². The van der Waals surface area contributed by atoms with Crippen LogP contribution in [0.3, 0.4) is 0 Å². The Bertz CT molecular complexity index is 282. The lowest BCUT2D eigenvalue weighted by atomic mass is 10.1. The topological polar surface area (TPSA) is 12.0 Å². The minimum absolute atomic E-state index is 0.955. The van der Waals surface area contributed by atoms with E-state index in [-0.39, 0.29) is 0 Å². The number of rotatable bonds is 5. The van der Waals surface area contributed by atoms with Crippen molar-refractivity contribution in [1.29, 1.82) is 0 Å². The van der Waals surface area contributed by atoms with Crippen LogP contribution in [-0.2, 0) is 6.54 Å². The zero-order chi connectivity index (χ0) is 10.4. The molecular formula is C13H19N. The highest BCUT2D eigenvalue weighted by Crippen LogP contribution is 2.08. The van der Waals surface area contributed by atoms with E-state index in [1.807, 2.05) is 6.08 Å². The summed E-state index contributed by atoms with van der Waals surface area (Å²) in [5.41, 5.74) is 4.04. The van der Waals surface area contributed by atoms with Crippen molar-refractivity contribution in [3.8, 4) is 0 Å². The van der Waals surface area contributed by atoms with Crippen LogP contribution in [0.25, 0.3) is 0 Å². The first kappa shape index (κ1) is 11.0. The summed E-state index contributed by atoms with van der Waals surface area (Å²) in [5.74, 6) is 0. The third-order valence-electron chi connectivity index (χ3n) is 2.14. The molecule has 0 amide bonds. The quantitative estimate of drug-likeness (QED) is 0.554. The van der Waals surface area contributed by atoms with Crippen molar-refractivity contribution < 1.29 is 0 Å². The van der Waals surface area contributed by atoms with Crippen molar-refractivity contribution in [1.82, 2.24) is 5.32 Å². The van der Waals surface area contributed by atoms with Gasteiger partial charge in [0.1, 0.15) is 0 Å². The van der Waals surface area contributed by atoms with Gasteiger partial charge in [0.2, 0.25) is 0 Å². The normalized spacial score (nSPS) is 10.1. The van der Waals surface area contributed by atoms with Crippen LogP contribution < -0.4 is 5.32 Å². The average molecular weight is 189 g/mol. The Kier molecular flexibility index (Phi) is 4.41. The van der Waals surface area contributed by atoms with E-state index in [1.54, 1.807) is 0 Å². The maximum absolute atomic E-state index is 3.69. The molecule has 1 aromatic carbocycles. The van der Waals surface area contributed by atoms with Crippen LogP contribution in [0.15, 0.2) is 30.9 Å². The molecule has 1 rings (SSSR count). The third kappa shape index (κ3) is 3.75. The first-order valence-electron chi connectivity index (χ1n) is 5.11. The number of nitrogens with one attached hydrogen (secondary N) is 1. The van der Waals surface area contributed by atoms with Gasteiger partial charge in [-0.2, -0.15) is 0 Å². The molecule has 0 aliphatic heterocycles. The zero-order valence-corrected chi connectivity index (χ0v) is 9.14. The summed E-state index contributed by atoms with van der Waals surface area (Å²) in [6.07, 6.45) is 2.97. The Labute approximate surface area is 86.8 Å². The minimum Gasteiger partial charge on any atom is -0.312 e. The third-order valence-corrected chi connectivity index (χ3v) is 2.14. The molecule has 0 spiro atoms. The molecule has 1 N–H and O–H groups in total. The van der Waals surface area contributed by atoms with E-state index < -0.39 is 0 Å². The zero-order valence-electron chi connectivity index (χ0n) is 9.14. The van der Waals surface area contributed by atoms with E-state index in [0.29, 0.717) is 0 Å². The van der Waals surface area contributed by atoms with Crippen LogP contribution in [0.2, 0.25) is 0 Å². The van der Waals surface area contributed by atoms with Gasteiger partial charge >= 0.3 is 0 Å². The van der Waals surface area contributed by atoms with E-state index in [9.17, 15) is 0 Å². The van der Waals surface area contributed by atoms with E-state index >= 15 is 0 Å². The van der Waals surface area contributed by atoms with E-state index in [4.69, 9.17) is 0 Å². The van der Waals surface area contributed by atoms with Crippen molar-refractivity contribution >= 4 is 0 Å². The lowest BCUT2D eigenvalue weighted by Crippen LogP contribution is -2.14. The fraction of sp³-hybridized carbons (Fsp3) is 0.385. The largest absolute Gasteiger partial charge is 0.312 e. The molecule has 0 saturated carbocycles. The Morgan fingerprint density at radius 3 is 2.43 bits per heavy atom. The number of aryl methyl sites for hydroxylation is 2. The van der Waals surface area contributed by atoms with Gasteiger partial charge < -0.3 is 5.32 Å². The van der Waals surface area contributed by atoms with Gasteiger partial charge in [-0.25, -0.2) is 0 Å². The fourth-order valence-corrected chi connectivity index (χ4v) is 1.61. The summed E-state index contributed by atoms with van der Waals surface area (Å²) in [5, 5.41) is 3.39. The van der Waals surface area contributed by atoms with Gasteiger partial charge in [-0.05, 0) is 32.4 Å². The first-order chi connectivity index (χ1) is 6.72. The molecule has 0 aliphatic rings. The monoisotopic (exact) mass is 189 g/mol. The van der Waals surface area contributed by atoms with Crippen LogP contribution in [0.1, 0.15) is 23.1 Å². The van der Waals surface area contributed by atoms with Gasteiger partial charge in [-0.1, -0.05) is 35.4 Å². The fourth-order valence-electron chi connectivity index (χ4n) is 1.61. The molecule has 0 fully saturated rings. The van der Waals surface area contributed by atoms with Crippen molar-refractivity contribution in [2.75, 3.05) is 6.54 Å². The smallest absolute Gasteiger partial charge is 0.0205 e. The summed E-state index contributed by atoms with van der Waals surface area (Å²) >= 11 is 0. The summed E-state index contributed by atoms with van der Waals surface area (Å²) in [7, 11) is 0. The highest BCUT2D eigenvalue weighted by molar-refractivity contribution is 5.28. The molecule has 76 valence electrons. The Morgan fingerprint density at radius 1 is 1.21 bits per heavy atom. The van der Waals surface area contributed by atoms with Crippen LogP contribution in [0, 0.1) is 13.8 Å². The number of hydrogen-bond donors (Lipinski definition) is 1. The maximum Gasteiger partial charge on any atom is 0.0205 e. The lowest BCUT2D eigenvalue weighted by Gasteiger charge is -2.05. The molecule has 0 heterocycles. The average Bonchev–Trinajstić information content (AvgIpc) is 2.11. The summed E-state index contributed by atoms with van der Waals surface area (Å²) in [6.45, 7) is 9.94. The molecule has 0 saturated heterocycles. The van der Waals surface area contributed by atoms with Gasteiger partial charge in [-0.3, -0.25) is 0 Å². The SMILES string of the molecule is C=CCCNCc1cc(C)cc(C)c1. The van der Waals surface area contributed by atoms with Gasteiger partial charge in [-0.15, -0.1) is 6.58 Å². The molecule has 1 heteroatoms. The second-order valence-corrected chi connectivity index (χ2v) is 3.75. The van der Waals surface area contributed by atoms with Crippen molar-refractivity contribution in [2.24, 2.45) is 0 Å². The van der Waals surface area contributed by atoms with Gasteiger partial charge in [0.25, 0.3) is 0 Å². The van der Waals surface area contributed by atoms with Crippen molar-refractivity contribution in [3.05, 3.63) is 47.5 Å². The van der Waals surface area contributed by atoms with Crippen LogP contribution in [0.5, 0.6) is 0 Å². The van der Waals surface area contributed by atoms with Gasteiger partial charge in [0, 0.05) is 6.54 Å². The highest BCUT2D eigenvalue weighted by Gasteiger charge is 1.94. The molecule has 0 bridgehead atoms. The molecule has 0 atom stereocenters. The van der Waals surface area contributed by atoms with Crippen LogP contribution in [-0.4, -0.2) is 6.54 Å². The van der Waals surface area contributed by atoms with E-state index in [0.717, 1.165) is 19.5 Å². The van der Waals surface area contributed by atoms with E-state index in [2.05, 4.69) is 43.9 Å². The Balaban J connectivity index is 2.46. The predicted octanol–water partition coefficient (Wildman–Crippen LogP) is 2.97. The van der Waals surface area contributed by atoms with Gasteiger partial charge in [0.05, 0.1) is 0 Å². The second kappa shape index (κ2) is 5.61. The second-order valence-electron chi connectivity index (χ2n) is 3.75. The molecule has 14 heavy (non-hydrogen) atoms. The summed E-state index contributed by atoms with van der Waals surface area (Å²) in [4.78, 5) is 0. The predicted molar refractivity (Wildman–Crippen MR) is 62.4 cm³/mol. The molecule has 0 aliphatic carbocycles. The first-order valence-corrected chi connectivity index (χ1v) is 5.11. The summed E-state index contributed by atoms with van der Waals surface area (Å²) < 4.78 is 0. The number of benzene rings is 1. The number of hydrogen-bond acceptors (Lipinski definition) is 1. The van der Waals surface area contributed by atoms with Crippen molar-refractivity contribution in [2.45, 2.75) is 26.8 Å². The maximum atomic E-state index is 3.69. The van der Waals surface area contributed by atoms with Crippen molar-refractivity contribution in [3.63, 3.8) is 0 Å². The molecule has 1 aromatic rings. The molecule has 0 aromatic heterocycles. The lowest BCUT2D eigenvalue weighted by molar-refractivity contribution is 0.695. The van der Waals surface area contributed by atoms with Crippen LogP contribution in [0.4, 0.5) is 0 Å². The molecule has 1 nitrogen and oxygen atoms in total. The van der Waals surface area contributed by atoms with Crippen LogP contribution >= 0.6 is 0 Å². The molecule has 0 unspecified atom stereocenters. The van der Waals surface area contributed by atoms with E-state index in [1.165, 1.54) is 16.7 Å². The standard InChI is InChI=1S/C13H19N/c1-4-5-6-14-10-13-8-11(2)7-12(3)9-13/h4,7-9,14H,1,5-6,10H2,2-3H3. The Morgan fingerprint density at radius 2 is 1.86 bits per heavy atom. The molecular weight excluding hydrogens is 170 g/mol. The molecule has 0 radical (unpaired) electrons.